The van der Waals surface area contributed by atoms with Crippen molar-refractivity contribution in [3.63, 3.8) is 0 Å². The Kier molecular flexibility index (Phi) is 6.04. The van der Waals surface area contributed by atoms with E-state index in [1.165, 1.54) is 31.9 Å². The van der Waals surface area contributed by atoms with Crippen molar-refractivity contribution in [1.82, 2.24) is 0 Å². The van der Waals surface area contributed by atoms with Crippen molar-refractivity contribution in [2.45, 2.75) is 131 Å². The van der Waals surface area contributed by atoms with Crippen LogP contribution in [0, 0.1) is 50.7 Å². The van der Waals surface area contributed by atoms with Gasteiger partial charge < -0.3 is 19.3 Å². The smallest absolute Gasteiger partial charge is 0.312 e. The molecule has 0 unspecified atom stereocenters. The van der Waals surface area contributed by atoms with E-state index in [2.05, 4.69) is 54.5 Å². The van der Waals surface area contributed by atoms with E-state index in [9.17, 15) is 9.90 Å². The van der Waals surface area contributed by atoms with Crippen molar-refractivity contribution in [3.05, 3.63) is 11.6 Å². The minimum absolute atomic E-state index is 0.0316. The number of fused-ring (bicyclic) bond motifs is 9. The van der Waals surface area contributed by atoms with Crippen LogP contribution in [0.2, 0.25) is 0 Å². The lowest BCUT2D eigenvalue weighted by Gasteiger charge is -2.72. The standard InChI is InChI=1S/C34H54O5/c1-21-12-17-34(27(35)37-9)19-18-31(6)22(26(34)33(21,8)36)10-11-24-29(4)15-14-25-30(5,20-38-28(2,3)39-25)23(29)13-16-32(24,31)7/h10,21,23-26,36H,11-20H2,1-9H3/t21-,23-,24-,25+,26-,29+,30+,31-,32-,33-,34+/m1/s1. The molecule has 0 aromatic heterocycles. The summed E-state index contributed by atoms with van der Waals surface area (Å²) in [6, 6.07) is 0. The Morgan fingerprint density at radius 2 is 1.64 bits per heavy atom. The van der Waals surface area contributed by atoms with E-state index in [-0.39, 0.29) is 45.6 Å². The molecule has 5 heteroatoms. The van der Waals surface area contributed by atoms with E-state index in [4.69, 9.17) is 14.2 Å². The van der Waals surface area contributed by atoms with Gasteiger partial charge in [-0.1, -0.05) is 46.3 Å². The third-order valence-electron chi connectivity index (χ3n) is 14.6. The Labute approximate surface area is 236 Å². The molecule has 1 saturated heterocycles. The minimum Gasteiger partial charge on any atom is -0.469 e. The normalized spacial score (nSPS) is 56.1. The molecule has 39 heavy (non-hydrogen) atoms. The van der Waals surface area contributed by atoms with Gasteiger partial charge in [0.25, 0.3) is 0 Å². The predicted octanol–water partition coefficient (Wildman–Crippen LogP) is 7.06. The lowest BCUT2D eigenvalue weighted by atomic mass is 9.33. The zero-order valence-electron chi connectivity index (χ0n) is 26.1. The monoisotopic (exact) mass is 542 g/mol. The highest BCUT2D eigenvalue weighted by molar-refractivity contribution is 5.79. The average Bonchev–Trinajstić information content (AvgIpc) is 2.86. The van der Waals surface area contributed by atoms with E-state index >= 15 is 0 Å². The lowest BCUT2D eigenvalue weighted by molar-refractivity contribution is -0.351. The van der Waals surface area contributed by atoms with Gasteiger partial charge in [0.05, 0.1) is 30.8 Å². The molecule has 0 radical (unpaired) electrons. The molecule has 5 fully saturated rings. The number of carbonyl (C=O) groups is 1. The van der Waals surface area contributed by atoms with E-state index < -0.39 is 16.8 Å². The topological polar surface area (TPSA) is 65.0 Å². The number of hydrogen-bond acceptors (Lipinski definition) is 5. The van der Waals surface area contributed by atoms with Gasteiger partial charge in [-0.05, 0) is 113 Å². The van der Waals surface area contributed by atoms with Crippen molar-refractivity contribution >= 4 is 5.97 Å². The van der Waals surface area contributed by atoms with Gasteiger partial charge in [-0.25, -0.2) is 0 Å². The Morgan fingerprint density at radius 1 is 0.923 bits per heavy atom. The fraction of sp³-hybridized carbons (Fsp3) is 0.912. The van der Waals surface area contributed by atoms with Gasteiger partial charge in [0.1, 0.15) is 0 Å². The van der Waals surface area contributed by atoms with E-state index in [0.717, 1.165) is 45.1 Å². The average molecular weight is 543 g/mol. The Balaban J connectivity index is 1.43. The second-order valence-electron chi connectivity index (χ2n) is 16.4. The summed E-state index contributed by atoms with van der Waals surface area (Å²) in [6.07, 6.45) is 11.9. The quantitative estimate of drug-likeness (QED) is 0.284. The number of esters is 1. The molecule has 0 spiro atoms. The lowest BCUT2D eigenvalue weighted by Crippen LogP contribution is -2.69. The van der Waals surface area contributed by atoms with E-state index in [1.54, 1.807) is 0 Å². The molecular weight excluding hydrogens is 488 g/mol. The third kappa shape index (κ3) is 3.39. The molecule has 6 aliphatic rings. The number of ether oxygens (including phenoxy) is 3. The van der Waals surface area contributed by atoms with Crippen LogP contribution < -0.4 is 0 Å². The summed E-state index contributed by atoms with van der Waals surface area (Å²) < 4.78 is 18.4. The summed E-state index contributed by atoms with van der Waals surface area (Å²) in [5.41, 5.74) is 0.116. The maximum Gasteiger partial charge on any atom is 0.312 e. The highest BCUT2D eigenvalue weighted by atomic mass is 16.7. The minimum atomic E-state index is -0.931. The molecule has 0 aromatic carbocycles. The van der Waals surface area contributed by atoms with Crippen LogP contribution in [0.15, 0.2) is 11.6 Å². The molecule has 0 amide bonds. The zero-order chi connectivity index (χ0) is 28.4. The van der Waals surface area contributed by atoms with Crippen LogP contribution in [0.1, 0.15) is 113 Å². The fourth-order valence-electron chi connectivity index (χ4n) is 11.9. The fourth-order valence-corrected chi connectivity index (χ4v) is 11.9. The van der Waals surface area contributed by atoms with Gasteiger partial charge in [0.2, 0.25) is 0 Å². The Bertz CT molecular complexity index is 1080. The molecule has 1 heterocycles. The molecule has 4 saturated carbocycles. The van der Waals surface area contributed by atoms with Gasteiger partial charge in [-0.2, -0.15) is 0 Å². The van der Waals surface area contributed by atoms with Crippen LogP contribution in [0.3, 0.4) is 0 Å². The number of methoxy groups -OCH3 is 1. The maximum atomic E-state index is 13.5. The van der Waals surface area contributed by atoms with Gasteiger partial charge >= 0.3 is 5.97 Å². The first kappa shape index (κ1) is 28.2. The van der Waals surface area contributed by atoms with Gasteiger partial charge in [-0.3, -0.25) is 4.79 Å². The molecular formula is C34H54O5. The van der Waals surface area contributed by atoms with E-state index in [0.29, 0.717) is 11.8 Å². The highest BCUT2D eigenvalue weighted by Gasteiger charge is 2.72. The summed E-state index contributed by atoms with van der Waals surface area (Å²) in [6.45, 7) is 19.2. The van der Waals surface area contributed by atoms with Crippen LogP contribution >= 0.6 is 0 Å². The van der Waals surface area contributed by atoms with Crippen LogP contribution in [-0.4, -0.2) is 42.3 Å². The largest absolute Gasteiger partial charge is 0.469 e. The molecule has 0 aromatic rings. The van der Waals surface area contributed by atoms with Crippen LogP contribution in [0.4, 0.5) is 0 Å². The molecule has 5 nitrogen and oxygen atoms in total. The first-order valence-electron chi connectivity index (χ1n) is 15.8. The van der Waals surface area contributed by atoms with Crippen molar-refractivity contribution < 1.29 is 24.1 Å². The number of hydrogen-bond donors (Lipinski definition) is 1. The summed E-state index contributed by atoms with van der Waals surface area (Å²) in [5, 5.41) is 12.1. The molecule has 1 aliphatic heterocycles. The molecule has 5 aliphatic carbocycles. The highest BCUT2D eigenvalue weighted by Crippen LogP contribution is 2.76. The number of carbonyl (C=O) groups excluding carboxylic acids is 1. The van der Waals surface area contributed by atoms with Gasteiger partial charge in [-0.15, -0.1) is 0 Å². The van der Waals surface area contributed by atoms with Crippen LogP contribution in [-0.2, 0) is 19.0 Å². The number of aliphatic hydroxyl groups is 1. The van der Waals surface area contributed by atoms with Crippen molar-refractivity contribution in [2.75, 3.05) is 13.7 Å². The number of rotatable bonds is 1. The first-order valence-corrected chi connectivity index (χ1v) is 15.8. The Morgan fingerprint density at radius 3 is 2.33 bits per heavy atom. The Hall–Kier alpha value is -0.910. The van der Waals surface area contributed by atoms with E-state index in [1.807, 2.05) is 6.92 Å². The molecule has 0 bridgehead atoms. The molecule has 220 valence electrons. The van der Waals surface area contributed by atoms with Gasteiger partial charge in [0.15, 0.2) is 5.79 Å². The maximum absolute atomic E-state index is 13.5. The number of allylic oxidation sites excluding steroid dienone is 1. The van der Waals surface area contributed by atoms with Crippen LogP contribution in [0.25, 0.3) is 0 Å². The summed E-state index contributed by atoms with van der Waals surface area (Å²) >= 11 is 0. The third-order valence-corrected chi connectivity index (χ3v) is 14.6. The second-order valence-corrected chi connectivity index (χ2v) is 16.4. The summed E-state index contributed by atoms with van der Waals surface area (Å²) in [7, 11) is 1.53. The zero-order valence-corrected chi connectivity index (χ0v) is 26.1. The van der Waals surface area contributed by atoms with Crippen molar-refractivity contribution in [2.24, 2.45) is 50.7 Å². The SMILES string of the molecule is COC(=O)[C@]12CC[C@@H](C)[C@@](C)(O)[C@H]1C1=CC[C@@H]3[C@@]4(C)CC[C@@H]5OC(C)(C)OC[C@@]5(C)[C@@H]4CC[C@@]3(C)[C@]1(C)CC2. The van der Waals surface area contributed by atoms with Crippen molar-refractivity contribution in [1.29, 1.82) is 0 Å². The molecule has 6 rings (SSSR count). The van der Waals surface area contributed by atoms with Gasteiger partial charge in [0, 0.05) is 11.3 Å². The summed E-state index contributed by atoms with van der Waals surface area (Å²) in [4.78, 5) is 13.5. The van der Waals surface area contributed by atoms with Crippen LogP contribution in [0.5, 0.6) is 0 Å². The summed E-state index contributed by atoms with van der Waals surface area (Å²) in [5.74, 6) is 0.470. The second kappa shape index (κ2) is 8.34. The first-order chi connectivity index (χ1) is 18.0. The molecule has 11 atom stereocenters. The molecule has 1 N–H and O–H groups in total. The van der Waals surface area contributed by atoms with Crippen molar-refractivity contribution in [3.8, 4) is 0 Å². The predicted molar refractivity (Wildman–Crippen MR) is 152 cm³/mol.